The zero-order valence-corrected chi connectivity index (χ0v) is 10.2. The highest BCUT2D eigenvalue weighted by molar-refractivity contribution is 5.86. The molecule has 0 aliphatic carbocycles. The van der Waals surface area contributed by atoms with E-state index in [1.165, 1.54) is 6.42 Å². The van der Waals surface area contributed by atoms with Gasteiger partial charge >= 0.3 is 0 Å². The lowest BCUT2D eigenvalue weighted by molar-refractivity contribution is -0.139. The summed E-state index contributed by atoms with van der Waals surface area (Å²) in [7, 11) is 0. The summed E-state index contributed by atoms with van der Waals surface area (Å²) in [6.45, 7) is 7.09. The van der Waals surface area contributed by atoms with Gasteiger partial charge in [0.2, 0.25) is 5.91 Å². The van der Waals surface area contributed by atoms with Crippen molar-refractivity contribution in [2.45, 2.75) is 32.2 Å². The molecule has 1 amide bonds. The molecule has 2 rings (SSSR count). The molecule has 3 atom stereocenters. The van der Waals surface area contributed by atoms with Crippen molar-refractivity contribution in [1.82, 2.24) is 4.90 Å². The lowest BCUT2D eigenvalue weighted by Crippen LogP contribution is -2.58. The smallest absolute Gasteiger partial charge is 0.245 e. The summed E-state index contributed by atoms with van der Waals surface area (Å²) >= 11 is 0. The van der Waals surface area contributed by atoms with Crippen molar-refractivity contribution in [1.29, 1.82) is 0 Å². The average Bonchev–Trinajstić information content (AvgIpc) is 2.64. The highest BCUT2D eigenvalue weighted by atomic mass is 16.5. The molecule has 4 nitrogen and oxygen atoms in total. The number of amides is 1. The summed E-state index contributed by atoms with van der Waals surface area (Å²) in [6, 6.07) is 0. The van der Waals surface area contributed by atoms with Crippen LogP contribution in [0, 0.1) is 11.8 Å². The predicted octanol–water partition coefficient (Wildman–Crippen LogP) is 0.609. The Morgan fingerprint density at radius 3 is 2.50 bits per heavy atom. The number of likely N-dealkylation sites (tertiary alicyclic amines) is 1. The first-order valence-electron chi connectivity index (χ1n) is 6.17. The second kappa shape index (κ2) is 4.34. The molecule has 4 heteroatoms. The number of carbonyl (C=O) groups is 1. The largest absolute Gasteiger partial charge is 0.379 e. The van der Waals surface area contributed by atoms with Gasteiger partial charge in [0.15, 0.2) is 0 Å². The first-order valence-corrected chi connectivity index (χ1v) is 6.17. The van der Waals surface area contributed by atoms with Crippen LogP contribution >= 0.6 is 0 Å². The van der Waals surface area contributed by atoms with Gasteiger partial charge in [-0.1, -0.05) is 13.8 Å². The number of hydrogen-bond acceptors (Lipinski definition) is 3. The van der Waals surface area contributed by atoms with E-state index in [1.54, 1.807) is 0 Å². The Bertz CT molecular complexity index is 264. The van der Waals surface area contributed by atoms with E-state index < -0.39 is 5.54 Å². The molecule has 2 fully saturated rings. The maximum atomic E-state index is 12.3. The fourth-order valence-electron chi connectivity index (χ4n) is 2.89. The molecule has 16 heavy (non-hydrogen) atoms. The quantitative estimate of drug-likeness (QED) is 0.712. The van der Waals surface area contributed by atoms with Crippen molar-refractivity contribution >= 4 is 5.91 Å². The zero-order chi connectivity index (χ0) is 11.8. The van der Waals surface area contributed by atoms with E-state index in [0.29, 0.717) is 31.5 Å². The zero-order valence-electron chi connectivity index (χ0n) is 10.2. The standard InChI is InChI=1S/C12H22N2O2/c1-9-5-10(2)7-14(6-9)11(15)12(13)3-4-16-8-12/h9-10H,3-8,13H2,1-2H3. The van der Waals surface area contributed by atoms with Crippen LogP contribution in [0.1, 0.15) is 26.7 Å². The molecule has 0 radical (unpaired) electrons. The first kappa shape index (κ1) is 11.9. The molecule has 0 aromatic carbocycles. The number of nitrogens with two attached hydrogens (primary N) is 1. The van der Waals surface area contributed by atoms with Gasteiger partial charge in [0.05, 0.1) is 6.61 Å². The topological polar surface area (TPSA) is 55.6 Å². The van der Waals surface area contributed by atoms with Gasteiger partial charge in [-0.2, -0.15) is 0 Å². The summed E-state index contributed by atoms with van der Waals surface area (Å²) < 4.78 is 5.25. The Morgan fingerprint density at radius 1 is 1.38 bits per heavy atom. The van der Waals surface area contributed by atoms with Crippen LogP contribution < -0.4 is 5.73 Å². The molecule has 2 heterocycles. The number of nitrogens with zero attached hydrogens (tertiary/aromatic N) is 1. The van der Waals surface area contributed by atoms with Crippen LogP contribution in [-0.2, 0) is 9.53 Å². The van der Waals surface area contributed by atoms with Crippen LogP contribution in [0.2, 0.25) is 0 Å². The lowest BCUT2D eigenvalue weighted by atomic mass is 9.89. The number of ether oxygens (including phenoxy) is 1. The van der Waals surface area contributed by atoms with Crippen LogP contribution in [0.15, 0.2) is 0 Å². The Kier molecular flexibility index (Phi) is 3.22. The van der Waals surface area contributed by atoms with Crippen molar-refractivity contribution < 1.29 is 9.53 Å². The summed E-state index contributed by atoms with van der Waals surface area (Å²) in [5.41, 5.74) is 5.35. The predicted molar refractivity (Wildman–Crippen MR) is 61.9 cm³/mol. The van der Waals surface area contributed by atoms with Crippen LogP contribution in [0.25, 0.3) is 0 Å². The maximum absolute atomic E-state index is 12.3. The Morgan fingerprint density at radius 2 is 2.00 bits per heavy atom. The molecule has 0 aromatic rings. The van der Waals surface area contributed by atoms with E-state index >= 15 is 0 Å². The van der Waals surface area contributed by atoms with Crippen molar-refractivity contribution in [2.24, 2.45) is 17.6 Å². The SMILES string of the molecule is CC1CC(C)CN(C(=O)C2(N)CCOC2)C1. The number of rotatable bonds is 1. The van der Waals surface area contributed by atoms with Crippen molar-refractivity contribution in [2.75, 3.05) is 26.3 Å². The molecule has 3 unspecified atom stereocenters. The van der Waals surface area contributed by atoms with Gasteiger partial charge in [-0.15, -0.1) is 0 Å². The second-order valence-corrected chi connectivity index (χ2v) is 5.61. The van der Waals surface area contributed by atoms with Gasteiger partial charge in [-0.05, 0) is 24.7 Å². The molecule has 2 aliphatic rings. The molecule has 0 aromatic heterocycles. The minimum Gasteiger partial charge on any atom is -0.379 e. The minimum absolute atomic E-state index is 0.0865. The van der Waals surface area contributed by atoms with Crippen molar-refractivity contribution in [3.05, 3.63) is 0 Å². The average molecular weight is 226 g/mol. The number of hydrogen-bond donors (Lipinski definition) is 1. The third-order valence-corrected chi connectivity index (χ3v) is 3.63. The van der Waals surface area contributed by atoms with E-state index in [1.807, 2.05) is 4.90 Å². The molecule has 0 spiro atoms. The van der Waals surface area contributed by atoms with Crippen molar-refractivity contribution in [3.8, 4) is 0 Å². The first-order chi connectivity index (χ1) is 7.51. The highest BCUT2D eigenvalue weighted by Crippen LogP contribution is 2.25. The second-order valence-electron chi connectivity index (χ2n) is 5.61. The van der Waals surface area contributed by atoms with Crippen molar-refractivity contribution in [3.63, 3.8) is 0 Å². The van der Waals surface area contributed by atoms with Gasteiger partial charge in [0.25, 0.3) is 0 Å². The number of carbonyl (C=O) groups excluding carboxylic acids is 1. The molecular formula is C12H22N2O2. The Hall–Kier alpha value is -0.610. The third kappa shape index (κ3) is 2.23. The van der Waals surface area contributed by atoms with E-state index in [-0.39, 0.29) is 5.91 Å². The molecule has 2 aliphatic heterocycles. The van der Waals surface area contributed by atoms with Gasteiger partial charge in [0, 0.05) is 19.7 Å². The number of piperidine rings is 1. The normalized spacial score (nSPS) is 40.1. The van der Waals surface area contributed by atoms with Crippen LogP contribution in [0.4, 0.5) is 0 Å². The lowest BCUT2D eigenvalue weighted by Gasteiger charge is -2.38. The summed E-state index contributed by atoms with van der Waals surface area (Å²) in [6.07, 6.45) is 1.86. The minimum atomic E-state index is -0.753. The van der Waals surface area contributed by atoms with Gasteiger partial charge in [0.1, 0.15) is 5.54 Å². The molecule has 0 saturated carbocycles. The molecule has 2 saturated heterocycles. The molecular weight excluding hydrogens is 204 g/mol. The Balaban J connectivity index is 2.03. The Labute approximate surface area is 97.1 Å². The van der Waals surface area contributed by atoms with Crippen LogP contribution in [0.5, 0.6) is 0 Å². The van der Waals surface area contributed by atoms with E-state index in [0.717, 1.165) is 13.1 Å². The van der Waals surface area contributed by atoms with E-state index in [9.17, 15) is 4.79 Å². The summed E-state index contributed by atoms with van der Waals surface area (Å²) in [5.74, 6) is 1.25. The highest BCUT2D eigenvalue weighted by Gasteiger charge is 2.42. The molecule has 0 bridgehead atoms. The fraction of sp³-hybridized carbons (Fsp3) is 0.917. The van der Waals surface area contributed by atoms with Crippen LogP contribution in [-0.4, -0.2) is 42.6 Å². The summed E-state index contributed by atoms with van der Waals surface area (Å²) in [4.78, 5) is 14.3. The van der Waals surface area contributed by atoms with Gasteiger partial charge in [-0.3, -0.25) is 4.79 Å². The molecule has 92 valence electrons. The van der Waals surface area contributed by atoms with Gasteiger partial charge in [-0.25, -0.2) is 0 Å². The fourth-order valence-corrected chi connectivity index (χ4v) is 2.89. The van der Waals surface area contributed by atoms with Gasteiger partial charge < -0.3 is 15.4 Å². The van der Waals surface area contributed by atoms with E-state index in [4.69, 9.17) is 10.5 Å². The summed E-state index contributed by atoms with van der Waals surface area (Å²) in [5, 5.41) is 0. The van der Waals surface area contributed by atoms with Crippen LogP contribution in [0.3, 0.4) is 0 Å². The monoisotopic (exact) mass is 226 g/mol. The third-order valence-electron chi connectivity index (χ3n) is 3.63. The van der Waals surface area contributed by atoms with E-state index in [2.05, 4.69) is 13.8 Å². The maximum Gasteiger partial charge on any atom is 0.245 e. The molecule has 2 N–H and O–H groups in total.